The van der Waals surface area contributed by atoms with Gasteiger partial charge >= 0.3 is 6.18 Å². The van der Waals surface area contributed by atoms with Crippen LogP contribution in [0, 0.1) is 0 Å². The Morgan fingerprint density at radius 2 is 2.07 bits per heavy atom. The summed E-state index contributed by atoms with van der Waals surface area (Å²) < 4.78 is 36.8. The van der Waals surface area contributed by atoms with Crippen molar-refractivity contribution in [2.75, 3.05) is 0 Å². The van der Waals surface area contributed by atoms with Crippen LogP contribution in [-0.4, -0.2) is 16.3 Å². The number of halogens is 3. The molecular formula is C9H5F3N2O. The molecule has 0 aliphatic heterocycles. The lowest BCUT2D eigenvalue weighted by Gasteiger charge is -2.04. The summed E-state index contributed by atoms with van der Waals surface area (Å²) in [5, 5.41) is 0.387. The molecule has 0 saturated heterocycles. The first kappa shape index (κ1) is 9.70. The van der Waals surface area contributed by atoms with E-state index in [0.29, 0.717) is 17.2 Å². The molecule has 2 aromatic heterocycles. The predicted octanol–water partition coefficient (Wildman–Crippen LogP) is 2.39. The Hall–Kier alpha value is -1.85. The summed E-state index contributed by atoms with van der Waals surface area (Å²) >= 11 is 0. The van der Waals surface area contributed by atoms with E-state index >= 15 is 0 Å². The monoisotopic (exact) mass is 214 g/mol. The second-order valence-electron chi connectivity index (χ2n) is 2.95. The molecule has 0 aliphatic carbocycles. The van der Waals surface area contributed by atoms with E-state index < -0.39 is 11.9 Å². The summed E-state index contributed by atoms with van der Waals surface area (Å²) in [7, 11) is 0. The molecule has 15 heavy (non-hydrogen) atoms. The Bertz CT molecular complexity index is 516. The number of rotatable bonds is 1. The van der Waals surface area contributed by atoms with Crippen molar-refractivity contribution >= 4 is 17.3 Å². The molecular weight excluding hydrogens is 209 g/mol. The molecule has 0 fully saturated rings. The Kier molecular flexibility index (Phi) is 1.99. The maximum absolute atomic E-state index is 12.3. The first-order chi connectivity index (χ1) is 7.02. The molecule has 0 saturated carbocycles. The van der Waals surface area contributed by atoms with E-state index in [4.69, 9.17) is 0 Å². The van der Waals surface area contributed by atoms with Gasteiger partial charge in [0.2, 0.25) is 0 Å². The second kappa shape index (κ2) is 3.08. The van der Waals surface area contributed by atoms with Gasteiger partial charge in [-0.2, -0.15) is 13.2 Å². The summed E-state index contributed by atoms with van der Waals surface area (Å²) in [5.41, 5.74) is -0.618. The summed E-state index contributed by atoms with van der Waals surface area (Å²) in [4.78, 5) is 16.4. The largest absolute Gasteiger partial charge is 0.433 e. The van der Waals surface area contributed by atoms with Crippen molar-refractivity contribution in [3.63, 3.8) is 0 Å². The molecule has 1 N–H and O–H groups in total. The molecule has 0 bridgehead atoms. The van der Waals surface area contributed by atoms with Crippen LogP contribution in [0.4, 0.5) is 13.2 Å². The molecule has 0 unspecified atom stereocenters. The van der Waals surface area contributed by atoms with Crippen LogP contribution >= 0.6 is 0 Å². The lowest BCUT2D eigenvalue weighted by atomic mass is 10.2. The van der Waals surface area contributed by atoms with Crippen molar-refractivity contribution in [3.05, 3.63) is 29.6 Å². The number of alkyl halides is 3. The van der Waals surface area contributed by atoms with E-state index in [-0.39, 0.29) is 5.65 Å². The predicted molar refractivity (Wildman–Crippen MR) is 46.5 cm³/mol. The van der Waals surface area contributed by atoms with Crippen LogP contribution in [0.2, 0.25) is 0 Å². The van der Waals surface area contributed by atoms with Gasteiger partial charge in [-0.1, -0.05) is 0 Å². The van der Waals surface area contributed by atoms with Crippen LogP contribution in [0.25, 0.3) is 11.0 Å². The van der Waals surface area contributed by atoms with Crippen molar-refractivity contribution in [2.24, 2.45) is 0 Å². The minimum atomic E-state index is -4.47. The Balaban J connectivity index is 2.63. The SMILES string of the molecule is O=Cc1c[nH]c2nc(C(F)(F)F)ccc12. The number of aromatic nitrogens is 2. The number of H-pyrrole nitrogens is 1. The molecule has 6 heteroatoms. The number of aldehydes is 1. The van der Waals surface area contributed by atoms with Crippen LogP contribution in [-0.2, 0) is 6.18 Å². The number of fused-ring (bicyclic) bond motifs is 1. The van der Waals surface area contributed by atoms with Gasteiger partial charge in [-0.05, 0) is 12.1 Å². The number of pyridine rings is 1. The molecule has 0 spiro atoms. The summed E-state index contributed by atoms with van der Waals surface area (Å²) in [5.74, 6) is 0. The van der Waals surface area contributed by atoms with Gasteiger partial charge in [0.1, 0.15) is 11.3 Å². The van der Waals surface area contributed by atoms with Gasteiger partial charge in [-0.15, -0.1) is 0 Å². The first-order valence-corrected chi connectivity index (χ1v) is 4.03. The standard InChI is InChI=1S/C9H5F3N2O/c10-9(11,12)7-2-1-6-5(4-15)3-13-8(6)14-7/h1-4H,(H,13,14). The van der Waals surface area contributed by atoms with E-state index in [0.717, 1.165) is 6.07 Å². The number of nitrogens with one attached hydrogen (secondary N) is 1. The average molecular weight is 214 g/mol. The third-order valence-electron chi connectivity index (χ3n) is 1.99. The summed E-state index contributed by atoms with van der Waals surface area (Å²) in [6.45, 7) is 0. The highest BCUT2D eigenvalue weighted by Gasteiger charge is 2.32. The Labute approximate surface area is 81.9 Å². The third kappa shape index (κ3) is 1.58. The van der Waals surface area contributed by atoms with Crippen LogP contribution in [0.5, 0.6) is 0 Å². The van der Waals surface area contributed by atoms with Gasteiger partial charge in [0, 0.05) is 17.1 Å². The highest BCUT2D eigenvalue weighted by molar-refractivity contribution is 5.95. The molecule has 78 valence electrons. The number of hydrogen-bond donors (Lipinski definition) is 1. The fraction of sp³-hybridized carbons (Fsp3) is 0.111. The summed E-state index contributed by atoms with van der Waals surface area (Å²) in [6.07, 6.45) is -2.58. The zero-order valence-electron chi connectivity index (χ0n) is 7.30. The molecule has 0 aromatic carbocycles. The van der Waals surface area contributed by atoms with Gasteiger partial charge in [-0.3, -0.25) is 4.79 Å². The van der Waals surface area contributed by atoms with E-state index in [2.05, 4.69) is 9.97 Å². The van der Waals surface area contributed by atoms with E-state index in [1.54, 1.807) is 0 Å². The van der Waals surface area contributed by atoms with Crippen molar-refractivity contribution in [1.82, 2.24) is 9.97 Å². The van der Waals surface area contributed by atoms with Gasteiger partial charge in [-0.25, -0.2) is 4.98 Å². The van der Waals surface area contributed by atoms with E-state index in [1.165, 1.54) is 12.3 Å². The van der Waals surface area contributed by atoms with Crippen molar-refractivity contribution < 1.29 is 18.0 Å². The number of carbonyl (C=O) groups is 1. The fourth-order valence-corrected chi connectivity index (χ4v) is 1.28. The first-order valence-electron chi connectivity index (χ1n) is 4.03. The number of nitrogens with zero attached hydrogens (tertiary/aromatic N) is 1. The van der Waals surface area contributed by atoms with Crippen LogP contribution < -0.4 is 0 Å². The minimum absolute atomic E-state index is 0.0620. The van der Waals surface area contributed by atoms with Crippen LogP contribution in [0.15, 0.2) is 18.3 Å². The van der Waals surface area contributed by atoms with Crippen molar-refractivity contribution in [1.29, 1.82) is 0 Å². The molecule has 0 amide bonds. The van der Waals surface area contributed by atoms with Crippen molar-refractivity contribution in [2.45, 2.75) is 6.18 Å². The quantitative estimate of drug-likeness (QED) is 0.741. The maximum atomic E-state index is 12.3. The second-order valence-corrected chi connectivity index (χ2v) is 2.95. The van der Waals surface area contributed by atoms with Gasteiger partial charge in [0.15, 0.2) is 6.29 Å². The molecule has 3 nitrogen and oxygen atoms in total. The lowest BCUT2D eigenvalue weighted by molar-refractivity contribution is -0.141. The highest BCUT2D eigenvalue weighted by Crippen LogP contribution is 2.29. The molecule has 2 heterocycles. The topological polar surface area (TPSA) is 45.8 Å². The maximum Gasteiger partial charge on any atom is 0.433 e. The lowest BCUT2D eigenvalue weighted by Crippen LogP contribution is -2.07. The molecule has 2 rings (SSSR count). The fourth-order valence-electron chi connectivity index (χ4n) is 1.28. The van der Waals surface area contributed by atoms with E-state index in [1.807, 2.05) is 0 Å². The normalized spacial score (nSPS) is 11.9. The third-order valence-corrected chi connectivity index (χ3v) is 1.99. The molecule has 0 radical (unpaired) electrons. The average Bonchev–Trinajstić information content (AvgIpc) is 2.58. The van der Waals surface area contributed by atoms with Gasteiger partial charge < -0.3 is 4.98 Å². The zero-order valence-corrected chi connectivity index (χ0v) is 7.30. The van der Waals surface area contributed by atoms with Gasteiger partial charge in [0.25, 0.3) is 0 Å². The Morgan fingerprint density at radius 1 is 1.33 bits per heavy atom. The van der Waals surface area contributed by atoms with Crippen LogP contribution in [0.1, 0.15) is 16.1 Å². The summed E-state index contributed by atoms with van der Waals surface area (Å²) in [6, 6.07) is 2.08. The highest BCUT2D eigenvalue weighted by atomic mass is 19.4. The van der Waals surface area contributed by atoms with Crippen LogP contribution in [0.3, 0.4) is 0 Å². The number of hydrogen-bond acceptors (Lipinski definition) is 2. The number of aromatic amines is 1. The smallest absolute Gasteiger partial charge is 0.345 e. The van der Waals surface area contributed by atoms with E-state index in [9.17, 15) is 18.0 Å². The molecule has 0 aliphatic rings. The number of carbonyl (C=O) groups excluding carboxylic acids is 1. The van der Waals surface area contributed by atoms with Crippen molar-refractivity contribution in [3.8, 4) is 0 Å². The molecule has 0 atom stereocenters. The van der Waals surface area contributed by atoms with Gasteiger partial charge in [0.05, 0.1) is 0 Å². The zero-order chi connectivity index (χ0) is 11.1. The minimum Gasteiger partial charge on any atom is -0.345 e. The molecule has 2 aromatic rings. The Morgan fingerprint density at radius 3 is 2.67 bits per heavy atom.